The zero-order chi connectivity index (χ0) is 16.5. The molecule has 6 nitrogen and oxygen atoms in total. The van der Waals surface area contributed by atoms with Gasteiger partial charge in [-0.3, -0.25) is 0 Å². The zero-order valence-electron chi connectivity index (χ0n) is 14.1. The molecular formula is C16H26N2O4. The monoisotopic (exact) mass is 310 g/mol. The topological polar surface area (TPSA) is 68.2 Å². The van der Waals surface area contributed by atoms with E-state index in [1.807, 2.05) is 0 Å². The second kappa shape index (κ2) is 5.89. The summed E-state index contributed by atoms with van der Waals surface area (Å²) < 4.78 is 9.85. The van der Waals surface area contributed by atoms with Crippen LogP contribution < -0.4 is 0 Å². The summed E-state index contributed by atoms with van der Waals surface area (Å²) in [6.45, 7) is 10.4. The predicted molar refractivity (Wildman–Crippen MR) is 82.5 cm³/mol. The summed E-state index contributed by atoms with van der Waals surface area (Å²) in [6, 6.07) is 0. The summed E-state index contributed by atoms with van der Waals surface area (Å²) in [6.07, 6.45) is 1.46. The molecule has 2 aliphatic rings. The van der Waals surface area contributed by atoms with Crippen molar-refractivity contribution in [1.29, 1.82) is 0 Å². The first-order valence-corrected chi connectivity index (χ1v) is 7.99. The van der Waals surface area contributed by atoms with Crippen LogP contribution >= 0.6 is 0 Å². The number of ether oxygens (including phenoxy) is 2. The van der Waals surface area contributed by atoms with Crippen LogP contribution in [0.5, 0.6) is 0 Å². The number of hydrogen-bond acceptors (Lipinski definition) is 5. The van der Waals surface area contributed by atoms with Gasteiger partial charge in [0.15, 0.2) is 0 Å². The lowest BCUT2D eigenvalue weighted by molar-refractivity contribution is 0.0816. The number of amides is 2. The number of rotatable bonds is 3. The number of fused-ring (bicyclic) bond motifs is 2. The maximum atomic E-state index is 12.0. The van der Waals surface area contributed by atoms with Crippen molar-refractivity contribution in [2.45, 2.75) is 53.9 Å². The maximum absolute atomic E-state index is 12.0. The fourth-order valence-corrected chi connectivity index (χ4v) is 3.73. The Kier molecular flexibility index (Phi) is 4.49. The number of carbonyl (C=O) groups excluding carboxylic acids is 2. The molecule has 2 atom stereocenters. The Balaban J connectivity index is 2.30. The highest BCUT2D eigenvalue weighted by Gasteiger charge is 2.60. The van der Waals surface area contributed by atoms with E-state index in [0.29, 0.717) is 5.92 Å². The molecule has 124 valence electrons. The van der Waals surface area contributed by atoms with Gasteiger partial charge in [-0.25, -0.2) is 9.59 Å². The van der Waals surface area contributed by atoms with Crippen LogP contribution in [0.15, 0.2) is 5.10 Å². The second-order valence-electron chi connectivity index (χ2n) is 6.75. The molecule has 22 heavy (non-hydrogen) atoms. The number of imide groups is 1. The Morgan fingerprint density at radius 1 is 1.18 bits per heavy atom. The Labute approximate surface area is 131 Å². The van der Waals surface area contributed by atoms with Crippen LogP contribution in [0.2, 0.25) is 0 Å². The Morgan fingerprint density at radius 3 is 2.09 bits per heavy atom. The van der Waals surface area contributed by atoms with E-state index in [-0.39, 0.29) is 24.0 Å². The fourth-order valence-electron chi connectivity index (χ4n) is 3.73. The van der Waals surface area contributed by atoms with E-state index >= 15 is 0 Å². The van der Waals surface area contributed by atoms with Crippen molar-refractivity contribution in [3.05, 3.63) is 0 Å². The Morgan fingerprint density at radius 2 is 1.73 bits per heavy atom. The zero-order valence-corrected chi connectivity index (χ0v) is 14.1. The van der Waals surface area contributed by atoms with Crippen molar-refractivity contribution >= 4 is 17.9 Å². The third-order valence-electron chi connectivity index (χ3n) is 5.61. The van der Waals surface area contributed by atoms with Gasteiger partial charge in [0.25, 0.3) is 0 Å². The first-order valence-electron chi connectivity index (χ1n) is 7.99. The van der Waals surface area contributed by atoms with Crippen LogP contribution in [0.4, 0.5) is 9.59 Å². The molecule has 0 heterocycles. The molecule has 2 saturated carbocycles. The third-order valence-corrected chi connectivity index (χ3v) is 5.61. The van der Waals surface area contributed by atoms with Crippen LogP contribution in [0.25, 0.3) is 0 Å². The van der Waals surface area contributed by atoms with E-state index in [1.165, 1.54) is 6.42 Å². The Hall–Kier alpha value is -1.59. The summed E-state index contributed by atoms with van der Waals surface area (Å²) in [7, 11) is 0. The first kappa shape index (κ1) is 16.8. The summed E-state index contributed by atoms with van der Waals surface area (Å²) in [5, 5.41) is 5.10. The van der Waals surface area contributed by atoms with E-state index in [2.05, 4.69) is 25.9 Å². The quantitative estimate of drug-likeness (QED) is 0.743. The smallest absolute Gasteiger partial charge is 0.440 e. The van der Waals surface area contributed by atoms with Gasteiger partial charge < -0.3 is 9.47 Å². The molecule has 0 spiro atoms. The largest absolute Gasteiger partial charge is 0.448 e. The standard InChI is InChI=1S/C16H26N2O4/c1-6-21-13(19)18(14(20)22-7-2)17-12-10-11-8-9-16(12,5)15(11,3)4/h11H,6-10H2,1-5H3. The van der Waals surface area contributed by atoms with Gasteiger partial charge >= 0.3 is 12.2 Å². The fraction of sp³-hybridized carbons (Fsp3) is 0.812. The van der Waals surface area contributed by atoms with Gasteiger partial charge in [-0.15, -0.1) is 0 Å². The lowest BCUT2D eigenvalue weighted by atomic mass is 9.70. The molecule has 6 heteroatoms. The molecule has 2 amide bonds. The number of hydrogen-bond donors (Lipinski definition) is 0. The van der Waals surface area contributed by atoms with Gasteiger partial charge in [-0.05, 0) is 44.4 Å². The molecule has 0 aromatic rings. The van der Waals surface area contributed by atoms with Crippen molar-refractivity contribution in [3.63, 3.8) is 0 Å². The van der Waals surface area contributed by atoms with E-state index < -0.39 is 12.2 Å². The molecule has 0 N–H and O–H groups in total. The first-order chi connectivity index (χ1) is 10.3. The van der Waals surface area contributed by atoms with Crippen molar-refractivity contribution in [1.82, 2.24) is 5.01 Å². The molecule has 2 bridgehead atoms. The highest BCUT2D eigenvalue weighted by molar-refractivity contribution is 5.97. The lowest BCUT2D eigenvalue weighted by Gasteiger charge is -2.34. The van der Waals surface area contributed by atoms with Gasteiger partial charge in [-0.2, -0.15) is 5.10 Å². The molecule has 0 radical (unpaired) electrons. The van der Waals surface area contributed by atoms with Gasteiger partial charge in [0.1, 0.15) is 0 Å². The van der Waals surface area contributed by atoms with Gasteiger partial charge in [0.2, 0.25) is 0 Å². The SMILES string of the molecule is CCOC(=O)N(N=C1CC2CCC1(C)C2(C)C)C(=O)OCC. The van der Waals surface area contributed by atoms with Crippen LogP contribution in [-0.2, 0) is 9.47 Å². The minimum absolute atomic E-state index is 0.0884. The van der Waals surface area contributed by atoms with Crippen molar-refractivity contribution in [2.75, 3.05) is 13.2 Å². The summed E-state index contributed by atoms with van der Waals surface area (Å²) in [5.74, 6) is 0.544. The van der Waals surface area contributed by atoms with Gasteiger partial charge in [0, 0.05) is 11.1 Å². The van der Waals surface area contributed by atoms with Crippen LogP contribution in [0.3, 0.4) is 0 Å². The van der Waals surface area contributed by atoms with Crippen LogP contribution in [0.1, 0.15) is 53.9 Å². The average Bonchev–Trinajstić information content (AvgIpc) is 2.78. The van der Waals surface area contributed by atoms with E-state index in [0.717, 1.165) is 23.6 Å². The number of nitrogens with zero attached hydrogens (tertiary/aromatic N) is 2. The molecule has 0 saturated heterocycles. The summed E-state index contributed by atoms with van der Waals surface area (Å²) in [4.78, 5) is 24.0. The van der Waals surface area contributed by atoms with E-state index in [9.17, 15) is 9.59 Å². The van der Waals surface area contributed by atoms with Gasteiger partial charge in [-0.1, -0.05) is 25.8 Å². The maximum Gasteiger partial charge on any atom is 0.440 e. The molecule has 2 rings (SSSR count). The average molecular weight is 310 g/mol. The molecule has 2 unspecified atom stereocenters. The Bertz CT molecular complexity index is 482. The molecule has 2 aliphatic carbocycles. The second-order valence-corrected chi connectivity index (χ2v) is 6.75. The minimum atomic E-state index is -0.780. The highest BCUT2D eigenvalue weighted by atomic mass is 16.6. The lowest BCUT2D eigenvalue weighted by Crippen LogP contribution is -2.38. The normalized spacial score (nSPS) is 30.4. The van der Waals surface area contributed by atoms with Gasteiger partial charge in [0.05, 0.1) is 13.2 Å². The van der Waals surface area contributed by atoms with Crippen LogP contribution in [-0.4, -0.2) is 36.1 Å². The van der Waals surface area contributed by atoms with Crippen molar-refractivity contribution in [2.24, 2.45) is 21.8 Å². The van der Waals surface area contributed by atoms with Crippen molar-refractivity contribution in [3.8, 4) is 0 Å². The summed E-state index contributed by atoms with van der Waals surface area (Å²) in [5.41, 5.74) is 0.935. The van der Waals surface area contributed by atoms with E-state index in [1.54, 1.807) is 13.8 Å². The van der Waals surface area contributed by atoms with Crippen LogP contribution in [0, 0.1) is 16.7 Å². The van der Waals surface area contributed by atoms with E-state index in [4.69, 9.17) is 9.47 Å². The molecule has 0 aromatic carbocycles. The third kappa shape index (κ3) is 2.48. The molecular weight excluding hydrogens is 284 g/mol. The predicted octanol–water partition coefficient (Wildman–Crippen LogP) is 3.80. The number of carbonyl (C=O) groups is 2. The molecule has 0 aliphatic heterocycles. The van der Waals surface area contributed by atoms with Crippen molar-refractivity contribution < 1.29 is 19.1 Å². The summed E-state index contributed by atoms with van der Waals surface area (Å²) >= 11 is 0. The molecule has 2 fully saturated rings. The number of hydrazone groups is 1. The highest BCUT2D eigenvalue weighted by Crippen LogP contribution is 2.64. The minimum Gasteiger partial charge on any atom is -0.448 e. The molecule has 0 aromatic heterocycles.